The van der Waals surface area contributed by atoms with Gasteiger partial charge in [-0.2, -0.15) is 5.10 Å². The number of hydrogen-bond acceptors (Lipinski definition) is 12. The molecule has 1 fully saturated rings. The number of fused-ring (bicyclic) bond motifs is 1. The van der Waals surface area contributed by atoms with Crippen LogP contribution < -0.4 is 15.6 Å². The van der Waals surface area contributed by atoms with E-state index in [9.17, 15) is 25.2 Å². The minimum Gasteiger partial charge on any atom is -0.394 e. The van der Waals surface area contributed by atoms with Crippen molar-refractivity contribution in [2.24, 2.45) is 0 Å². The van der Waals surface area contributed by atoms with E-state index in [2.05, 4.69) is 89.1 Å². The summed E-state index contributed by atoms with van der Waals surface area (Å²) < 4.78 is 6.77. The average molecular weight is 782 g/mol. The van der Waals surface area contributed by atoms with Crippen molar-refractivity contribution >= 4 is 56.0 Å². The quantitative estimate of drug-likeness (QED) is 0.0555. The van der Waals surface area contributed by atoms with E-state index >= 15 is 0 Å². The summed E-state index contributed by atoms with van der Waals surface area (Å²) in [6.07, 6.45) is 0.934. The number of anilines is 1. The van der Waals surface area contributed by atoms with Crippen LogP contribution >= 0.6 is 27.5 Å². The molecule has 50 heavy (non-hydrogen) atoms. The number of aryl methyl sites for hydroxylation is 2. The second-order valence-electron chi connectivity index (χ2n) is 11.8. The lowest BCUT2D eigenvalue weighted by molar-refractivity contribution is -0.676. The summed E-state index contributed by atoms with van der Waals surface area (Å²) >= 11 is 7.56. The zero-order valence-electron chi connectivity index (χ0n) is 27.8. The number of aromatic nitrogens is 6. The average Bonchev–Trinajstić information content (AvgIpc) is 3.73. The lowest BCUT2D eigenvalue weighted by atomic mass is 10.0. The number of aliphatic hydroxyl groups is 5. The maximum absolute atomic E-state index is 12.9. The van der Waals surface area contributed by atoms with Gasteiger partial charge in [-0.05, 0) is 78.0 Å². The van der Waals surface area contributed by atoms with Gasteiger partial charge in [0.1, 0.15) is 29.5 Å². The molecule has 4 atom stereocenters. The van der Waals surface area contributed by atoms with Crippen LogP contribution in [0.1, 0.15) is 49.0 Å². The fourth-order valence-electron chi connectivity index (χ4n) is 6.24. The molecule has 16 nitrogen and oxygen atoms in total. The Hall–Kier alpha value is -3.55. The van der Waals surface area contributed by atoms with E-state index in [0.717, 1.165) is 40.8 Å². The lowest BCUT2D eigenvalue weighted by Crippen LogP contribution is -2.50. The molecule has 272 valence electrons. The minimum atomic E-state index is -1.63. The van der Waals surface area contributed by atoms with Gasteiger partial charge in [-0.15, -0.1) is 0 Å². The summed E-state index contributed by atoms with van der Waals surface area (Å²) in [4.78, 5) is 31.7. The van der Waals surface area contributed by atoms with Crippen molar-refractivity contribution in [1.82, 2.24) is 34.5 Å². The van der Waals surface area contributed by atoms with E-state index in [1.807, 2.05) is 22.0 Å². The van der Waals surface area contributed by atoms with Crippen LogP contribution in [0.4, 0.5) is 5.82 Å². The van der Waals surface area contributed by atoms with Gasteiger partial charge in [0.2, 0.25) is 5.75 Å². The lowest BCUT2D eigenvalue weighted by Gasteiger charge is -2.35. The Labute approximate surface area is 302 Å². The highest BCUT2D eigenvalue weighted by molar-refractivity contribution is 9.10. The highest BCUT2D eigenvalue weighted by atomic mass is 79.9. The zero-order valence-corrected chi connectivity index (χ0v) is 30.2. The first kappa shape index (κ1) is 39.2. The monoisotopic (exact) mass is 780 g/mol. The number of nitrogen functional groups attached to an aromatic ring is 1. The number of nitrogens with two attached hydrogens (primary N) is 1. The highest BCUT2D eigenvalue weighted by Gasteiger charge is 2.32. The van der Waals surface area contributed by atoms with Gasteiger partial charge in [0.05, 0.1) is 44.2 Å². The third-order valence-corrected chi connectivity index (χ3v) is 9.22. The molecule has 4 aromatic rings. The molecular formula is C32H44BrClN9O7+. The Morgan fingerprint density at radius 2 is 1.82 bits per heavy atom. The third-order valence-electron chi connectivity index (χ3n) is 8.84. The number of aliphatic hydroxyl groups excluding tert-OH is 5. The number of imidazole rings is 1. The maximum atomic E-state index is 12.9. The van der Waals surface area contributed by atoms with Crippen LogP contribution in [0.15, 0.2) is 41.4 Å². The smallest absolute Gasteiger partial charge is 0.277 e. The largest absolute Gasteiger partial charge is 0.394 e. The molecule has 0 saturated carbocycles. The molecule has 1 aliphatic rings. The van der Waals surface area contributed by atoms with Crippen molar-refractivity contribution < 1.29 is 39.7 Å². The fourth-order valence-corrected chi connectivity index (χ4v) is 6.52. The number of β-amino-alcohol motifs (C(OH)–C–C–N with tert-alkyl or cyclic N) is 1. The molecule has 5 rings (SSSR count). The maximum Gasteiger partial charge on any atom is 0.277 e. The van der Waals surface area contributed by atoms with Crippen LogP contribution in [0, 0.1) is 0 Å². The molecule has 4 unspecified atom stereocenters. The van der Waals surface area contributed by atoms with Crippen LogP contribution in [0.2, 0.25) is 0 Å². The molecule has 0 bridgehead atoms. The van der Waals surface area contributed by atoms with Crippen molar-refractivity contribution in [2.45, 2.75) is 76.8 Å². The van der Waals surface area contributed by atoms with Gasteiger partial charge in [0, 0.05) is 31.4 Å². The van der Waals surface area contributed by atoms with Crippen molar-refractivity contribution in [3.05, 3.63) is 52.9 Å². The number of amides is 1. The number of carbonyl (C=O) groups is 2. The summed E-state index contributed by atoms with van der Waals surface area (Å²) in [5.41, 5.74) is 10.1. The Bertz CT molecular complexity index is 1750. The van der Waals surface area contributed by atoms with Crippen molar-refractivity contribution in [2.75, 3.05) is 32.0 Å². The number of likely N-dealkylation sites (tertiary alicyclic amines) is 1. The molecule has 3 aromatic heterocycles. The minimum absolute atomic E-state index is 0.0621. The first-order chi connectivity index (χ1) is 24.0. The number of carbonyl (C=O) groups excluding carboxylic acids is 2. The van der Waals surface area contributed by atoms with E-state index in [-0.39, 0.29) is 36.4 Å². The Balaban J connectivity index is 0.00000181. The topological polar surface area (TPSA) is 229 Å². The second kappa shape index (κ2) is 18.1. The molecule has 0 spiro atoms. The number of nitrogens with zero attached hydrogens (tertiary/aromatic N) is 7. The molecule has 0 radical (unpaired) electrons. The van der Waals surface area contributed by atoms with E-state index in [0.29, 0.717) is 30.8 Å². The van der Waals surface area contributed by atoms with Crippen LogP contribution in [0.25, 0.3) is 22.2 Å². The van der Waals surface area contributed by atoms with Gasteiger partial charge in [-0.25, -0.2) is 19.1 Å². The number of rotatable bonds is 13. The molecule has 8 N–H and O–H groups in total. The molecule has 1 amide bonds. The zero-order chi connectivity index (χ0) is 36.5. The van der Waals surface area contributed by atoms with E-state index in [4.69, 9.17) is 15.6 Å². The number of benzene rings is 1. The number of hydrogen-bond donors (Lipinski definition) is 7. The number of nitrogens with one attached hydrogen (secondary N) is 1. The standard InChI is InChI=1S/C31H42BrN9O6.CHClO/c1-3-39-21-6-5-18(11-22(21)40(4-2)26(39)14-35-31(47)27-30(33)34-13-25(32)37-27)19-12-36-41(15-19)20-7-9-38(10-8-20)16-23(43)28(45)29(46)24(44)17-42;2-1-3/h5-6,11-13,15,20,23-24,28-29,42-46H,3-4,7-10,14,16-17H2,1-2H3,(H2-,33,34,35,47);1H/p+1. The van der Waals surface area contributed by atoms with Gasteiger partial charge in [-0.3, -0.25) is 14.3 Å². The van der Waals surface area contributed by atoms with Crippen molar-refractivity contribution in [3.8, 4) is 11.1 Å². The van der Waals surface area contributed by atoms with E-state index in [1.165, 1.54) is 6.20 Å². The molecule has 1 aromatic carbocycles. The van der Waals surface area contributed by atoms with Crippen LogP contribution in [-0.2, 0) is 24.4 Å². The Morgan fingerprint density at radius 1 is 1.14 bits per heavy atom. The van der Waals surface area contributed by atoms with Gasteiger partial charge in [0.15, 0.2) is 22.5 Å². The number of piperidine rings is 1. The van der Waals surface area contributed by atoms with Gasteiger partial charge in [-0.1, -0.05) is 0 Å². The molecule has 1 aliphatic heterocycles. The summed E-state index contributed by atoms with van der Waals surface area (Å²) in [5, 5.41) is 56.6. The SMILES string of the molecule is CCn1c(CNC(=O)c2nc(Br)cnc2N)[n+](CC)c2ccc(-c3cnn(C4CCN(CC(O)C(O)C(O)C(O)CO)CC4)c3)cc21.O=CCl. The highest BCUT2D eigenvalue weighted by Crippen LogP contribution is 2.28. The van der Waals surface area contributed by atoms with Crippen molar-refractivity contribution in [1.29, 1.82) is 0 Å². The fraction of sp³-hybridized carbons (Fsp3) is 0.500. The summed E-state index contributed by atoms with van der Waals surface area (Å²) in [7, 11) is 0. The van der Waals surface area contributed by atoms with Crippen molar-refractivity contribution in [3.63, 3.8) is 0 Å². The van der Waals surface area contributed by atoms with Gasteiger partial charge >= 0.3 is 0 Å². The number of halogens is 2. The van der Waals surface area contributed by atoms with Crippen LogP contribution in [0.3, 0.4) is 0 Å². The summed E-state index contributed by atoms with van der Waals surface area (Å²) in [6.45, 7) is 6.58. The molecular weight excluding hydrogens is 738 g/mol. The van der Waals surface area contributed by atoms with Crippen LogP contribution in [-0.4, -0.2) is 117 Å². The molecule has 4 heterocycles. The first-order valence-corrected chi connectivity index (χ1v) is 17.5. The summed E-state index contributed by atoms with van der Waals surface area (Å²) in [6, 6.07) is 6.48. The van der Waals surface area contributed by atoms with E-state index in [1.54, 1.807) is 0 Å². The summed E-state index contributed by atoms with van der Waals surface area (Å²) in [5.74, 6) is 0.819. The van der Waals surface area contributed by atoms with Crippen LogP contribution in [0.5, 0.6) is 0 Å². The second-order valence-corrected chi connectivity index (χ2v) is 12.8. The molecule has 18 heteroatoms. The first-order valence-electron chi connectivity index (χ1n) is 16.2. The van der Waals surface area contributed by atoms with E-state index < -0.39 is 36.9 Å². The predicted molar refractivity (Wildman–Crippen MR) is 188 cm³/mol. The normalized spacial score (nSPS) is 16.3. The predicted octanol–water partition coefficient (Wildman–Crippen LogP) is 0.385. The Morgan fingerprint density at radius 3 is 2.46 bits per heavy atom. The van der Waals surface area contributed by atoms with Gasteiger partial charge in [0.25, 0.3) is 11.7 Å². The molecule has 0 aliphatic carbocycles. The molecule has 1 saturated heterocycles. The van der Waals surface area contributed by atoms with Gasteiger partial charge < -0.3 is 41.5 Å². The Kier molecular flexibility index (Phi) is 14.2. The third kappa shape index (κ3) is 9.02.